The Bertz CT molecular complexity index is 752. The van der Waals surface area contributed by atoms with E-state index in [-0.39, 0.29) is 36.1 Å². The Morgan fingerprint density at radius 1 is 0.767 bits per heavy atom. The van der Waals surface area contributed by atoms with E-state index in [2.05, 4.69) is 78.3 Å². The quantitative estimate of drug-likeness (QED) is 0.604. The number of hydrogen-bond donors (Lipinski definition) is 3. The van der Waals surface area contributed by atoms with Gasteiger partial charge in [-0.25, -0.2) is 0 Å². The van der Waals surface area contributed by atoms with Crippen LogP contribution in [0.5, 0.6) is 0 Å². The molecular formula is C24H32ClN3O2. The Labute approximate surface area is 185 Å². The minimum atomic E-state index is -0.313. The van der Waals surface area contributed by atoms with E-state index in [4.69, 9.17) is 0 Å². The molecule has 1 heterocycles. The zero-order chi connectivity index (χ0) is 20.6. The van der Waals surface area contributed by atoms with E-state index >= 15 is 0 Å². The Balaban J connectivity index is 0.00000320. The summed E-state index contributed by atoms with van der Waals surface area (Å²) in [5.41, 5.74) is 4.86. The molecule has 162 valence electrons. The Morgan fingerprint density at radius 3 is 1.50 bits per heavy atom. The molecule has 1 fully saturated rings. The second kappa shape index (κ2) is 11.7. The van der Waals surface area contributed by atoms with Crippen LogP contribution in [-0.2, 0) is 22.4 Å². The van der Waals surface area contributed by atoms with Crippen molar-refractivity contribution in [3.8, 4) is 0 Å². The minimum Gasteiger partial charge on any atom is -0.355 e. The van der Waals surface area contributed by atoms with Gasteiger partial charge in [-0.15, -0.1) is 12.4 Å². The molecule has 5 nitrogen and oxygen atoms in total. The third kappa shape index (κ3) is 6.85. The molecule has 3 N–H and O–H groups in total. The molecule has 3 rings (SSSR count). The number of benzene rings is 2. The van der Waals surface area contributed by atoms with Crippen molar-refractivity contribution in [2.75, 3.05) is 26.2 Å². The zero-order valence-electron chi connectivity index (χ0n) is 17.7. The number of carbonyl (C=O) groups is 2. The molecule has 0 aliphatic carbocycles. The molecule has 2 aromatic rings. The first kappa shape index (κ1) is 23.9. The van der Waals surface area contributed by atoms with Crippen LogP contribution >= 0.6 is 12.4 Å². The fraction of sp³-hybridized carbons (Fsp3) is 0.417. The normalized spacial score (nSPS) is 17.8. The fourth-order valence-corrected chi connectivity index (χ4v) is 3.66. The van der Waals surface area contributed by atoms with Crippen LogP contribution in [0.15, 0.2) is 48.5 Å². The molecule has 0 unspecified atom stereocenters. The fourth-order valence-electron chi connectivity index (χ4n) is 3.66. The lowest BCUT2D eigenvalue weighted by molar-refractivity contribution is -0.132. The van der Waals surface area contributed by atoms with Crippen LogP contribution in [0.25, 0.3) is 0 Å². The van der Waals surface area contributed by atoms with Crippen molar-refractivity contribution in [2.45, 2.75) is 26.7 Å². The molecule has 0 spiro atoms. The van der Waals surface area contributed by atoms with Gasteiger partial charge in [0.05, 0.1) is 11.8 Å². The average molecular weight is 430 g/mol. The lowest BCUT2D eigenvalue weighted by Crippen LogP contribution is -2.42. The second-order valence-corrected chi connectivity index (χ2v) is 7.92. The summed E-state index contributed by atoms with van der Waals surface area (Å²) >= 11 is 0. The van der Waals surface area contributed by atoms with Crippen molar-refractivity contribution in [3.05, 3.63) is 70.8 Å². The highest BCUT2D eigenvalue weighted by molar-refractivity contribution is 5.88. The van der Waals surface area contributed by atoms with Gasteiger partial charge in [-0.05, 0) is 37.8 Å². The van der Waals surface area contributed by atoms with Crippen molar-refractivity contribution >= 4 is 24.2 Å². The Morgan fingerprint density at radius 2 is 1.13 bits per heavy atom. The molecule has 2 amide bonds. The van der Waals surface area contributed by atoms with Crippen molar-refractivity contribution in [1.82, 2.24) is 16.0 Å². The van der Waals surface area contributed by atoms with Gasteiger partial charge in [0.1, 0.15) is 0 Å². The van der Waals surface area contributed by atoms with E-state index in [0.717, 1.165) is 12.8 Å². The molecule has 1 aliphatic heterocycles. The summed E-state index contributed by atoms with van der Waals surface area (Å²) in [6.07, 6.45) is 1.58. The van der Waals surface area contributed by atoms with Crippen molar-refractivity contribution < 1.29 is 9.59 Å². The minimum absolute atomic E-state index is 0. The summed E-state index contributed by atoms with van der Waals surface area (Å²) in [6.45, 7) is 6.38. The van der Waals surface area contributed by atoms with Crippen LogP contribution in [0.1, 0.15) is 22.3 Å². The molecule has 0 aromatic heterocycles. The van der Waals surface area contributed by atoms with Crippen LogP contribution in [0.4, 0.5) is 0 Å². The number of amides is 2. The Kier molecular flexibility index (Phi) is 9.34. The van der Waals surface area contributed by atoms with Crippen LogP contribution in [0.2, 0.25) is 0 Å². The van der Waals surface area contributed by atoms with E-state index in [1.54, 1.807) is 0 Å². The van der Waals surface area contributed by atoms with Gasteiger partial charge >= 0.3 is 0 Å². The van der Waals surface area contributed by atoms with E-state index in [9.17, 15) is 9.59 Å². The summed E-state index contributed by atoms with van der Waals surface area (Å²) in [5, 5.41) is 9.19. The largest absolute Gasteiger partial charge is 0.355 e. The number of halogens is 1. The van der Waals surface area contributed by atoms with Crippen molar-refractivity contribution in [2.24, 2.45) is 11.8 Å². The van der Waals surface area contributed by atoms with Gasteiger partial charge in [-0.2, -0.15) is 0 Å². The lowest BCUT2D eigenvalue weighted by atomic mass is 9.94. The predicted molar refractivity (Wildman–Crippen MR) is 123 cm³/mol. The van der Waals surface area contributed by atoms with Crippen molar-refractivity contribution in [3.63, 3.8) is 0 Å². The summed E-state index contributed by atoms with van der Waals surface area (Å²) in [5.74, 6) is -0.707. The lowest BCUT2D eigenvalue weighted by Gasteiger charge is -2.18. The first-order chi connectivity index (χ1) is 14.0. The number of aryl methyl sites for hydroxylation is 2. The number of nitrogens with one attached hydrogen (secondary N) is 3. The van der Waals surface area contributed by atoms with E-state index in [0.29, 0.717) is 26.2 Å². The smallest absolute Gasteiger partial charge is 0.225 e. The van der Waals surface area contributed by atoms with Crippen LogP contribution in [0, 0.1) is 25.7 Å². The summed E-state index contributed by atoms with van der Waals surface area (Å²) in [4.78, 5) is 25.2. The molecule has 1 aliphatic rings. The standard InChI is InChI=1S/C24H31N3O2.ClH/c1-17-3-7-19(8-4-17)11-13-26-23(28)21-15-25-16-22(21)24(29)27-14-12-20-9-5-18(2)6-10-20;/h3-10,21-22,25H,11-16H2,1-2H3,(H,26,28)(H,27,29);1H/t21-,22-;/m0./s1. The molecule has 30 heavy (non-hydrogen) atoms. The third-order valence-electron chi connectivity index (χ3n) is 5.55. The van der Waals surface area contributed by atoms with Crippen LogP contribution in [-0.4, -0.2) is 38.0 Å². The Hall–Kier alpha value is -2.37. The van der Waals surface area contributed by atoms with Crippen molar-refractivity contribution in [1.29, 1.82) is 0 Å². The van der Waals surface area contributed by atoms with E-state index in [1.807, 2.05) is 0 Å². The molecule has 2 aromatic carbocycles. The second-order valence-electron chi connectivity index (χ2n) is 7.92. The predicted octanol–water partition coefficient (Wildman–Crippen LogP) is 2.58. The zero-order valence-corrected chi connectivity index (χ0v) is 18.6. The average Bonchev–Trinajstić information content (AvgIpc) is 3.21. The van der Waals surface area contributed by atoms with Gasteiger partial charge in [0.15, 0.2) is 0 Å². The topological polar surface area (TPSA) is 70.2 Å². The van der Waals surface area contributed by atoms with Crippen LogP contribution in [0.3, 0.4) is 0 Å². The van der Waals surface area contributed by atoms with Crippen LogP contribution < -0.4 is 16.0 Å². The SMILES string of the molecule is Cc1ccc(CCNC(=O)[C@H]2CNC[C@@H]2C(=O)NCCc2ccc(C)cc2)cc1.Cl. The monoisotopic (exact) mass is 429 g/mol. The summed E-state index contributed by atoms with van der Waals surface area (Å²) in [7, 11) is 0. The number of carbonyl (C=O) groups excluding carboxylic acids is 2. The van der Waals surface area contributed by atoms with Gasteiger partial charge in [0, 0.05) is 26.2 Å². The van der Waals surface area contributed by atoms with Gasteiger partial charge in [-0.3, -0.25) is 9.59 Å². The van der Waals surface area contributed by atoms with Gasteiger partial charge < -0.3 is 16.0 Å². The highest BCUT2D eigenvalue weighted by Crippen LogP contribution is 2.17. The van der Waals surface area contributed by atoms with Gasteiger partial charge in [0.2, 0.25) is 11.8 Å². The summed E-state index contributed by atoms with van der Waals surface area (Å²) < 4.78 is 0. The van der Waals surface area contributed by atoms with Gasteiger partial charge in [-0.1, -0.05) is 59.7 Å². The number of hydrogen-bond acceptors (Lipinski definition) is 3. The van der Waals surface area contributed by atoms with E-state index < -0.39 is 0 Å². The maximum atomic E-state index is 12.6. The molecular weight excluding hydrogens is 398 g/mol. The third-order valence-corrected chi connectivity index (χ3v) is 5.55. The first-order valence-electron chi connectivity index (χ1n) is 10.4. The highest BCUT2D eigenvalue weighted by Gasteiger charge is 2.37. The maximum absolute atomic E-state index is 12.6. The molecule has 0 saturated carbocycles. The maximum Gasteiger partial charge on any atom is 0.225 e. The highest BCUT2D eigenvalue weighted by atomic mass is 35.5. The number of rotatable bonds is 8. The molecule has 0 radical (unpaired) electrons. The molecule has 1 saturated heterocycles. The molecule has 6 heteroatoms. The summed E-state index contributed by atoms with van der Waals surface area (Å²) in [6, 6.07) is 16.7. The molecule has 2 atom stereocenters. The first-order valence-corrected chi connectivity index (χ1v) is 10.4. The van der Waals surface area contributed by atoms with E-state index in [1.165, 1.54) is 22.3 Å². The molecule has 0 bridgehead atoms. The van der Waals surface area contributed by atoms with Gasteiger partial charge in [0.25, 0.3) is 0 Å².